The molecular weight excluding hydrogens is 1220 g/mol. The summed E-state index contributed by atoms with van der Waals surface area (Å²) in [4.78, 5) is 67.7. The maximum Gasteiger partial charge on any atom is 0.285 e. The van der Waals surface area contributed by atoms with Gasteiger partial charge in [-0.05, 0) is 168 Å². The van der Waals surface area contributed by atoms with Gasteiger partial charge in [-0.2, -0.15) is 21.7 Å². The van der Waals surface area contributed by atoms with Crippen molar-refractivity contribution >= 4 is 207 Å². The lowest BCUT2D eigenvalue weighted by Gasteiger charge is -2.26. The first kappa shape index (κ1) is 56.8. The summed E-state index contributed by atoms with van der Waals surface area (Å²) >= 11 is 19.7. The van der Waals surface area contributed by atoms with E-state index in [1.807, 2.05) is 18.2 Å². The molecule has 2 aliphatic heterocycles. The summed E-state index contributed by atoms with van der Waals surface area (Å²) in [5, 5.41) is 0.790. The summed E-state index contributed by atoms with van der Waals surface area (Å²) in [5.74, 6) is 2.14. The number of hydrogen-bond donors (Lipinski definition) is 0. The maximum atomic E-state index is 12.6. The van der Waals surface area contributed by atoms with Crippen LogP contribution in [0.3, 0.4) is 0 Å². The minimum atomic E-state index is -0.291. The quantitative estimate of drug-likeness (QED) is 0.0337. The van der Waals surface area contributed by atoms with Gasteiger partial charge in [-0.1, -0.05) is 104 Å². The molecule has 11 rings (SSSR count). The Morgan fingerprint density at radius 1 is 0.487 bits per heavy atom. The van der Waals surface area contributed by atoms with E-state index in [0.717, 1.165) is 94.1 Å². The number of nitrogens with zero attached hydrogens (tertiary/aromatic N) is 4. The minimum absolute atomic E-state index is 0.159. The molecule has 400 valence electrons. The highest BCUT2D eigenvalue weighted by Crippen LogP contribution is 2.46. The van der Waals surface area contributed by atoms with E-state index in [2.05, 4.69) is 193 Å². The van der Waals surface area contributed by atoms with Gasteiger partial charge < -0.3 is 4.90 Å². The zero-order valence-electron chi connectivity index (χ0n) is 43.0. The molecule has 19 heteroatoms. The molecule has 0 aliphatic carbocycles. The molecule has 0 N–H and O–H groups in total. The first-order valence-electron chi connectivity index (χ1n) is 25.1. The first-order valence-corrected chi connectivity index (χ1v) is 35.7. The van der Waals surface area contributed by atoms with Crippen molar-refractivity contribution in [1.82, 2.24) is 0 Å². The van der Waals surface area contributed by atoms with Gasteiger partial charge in [0.05, 0.1) is 14.7 Å². The number of benzene rings is 3. The Kier molecular flexibility index (Phi) is 18.8. The standard InChI is InChI=1S/C61H46N4O3S12/c1-5-69-35-72-54(57(66)62-4)32-42-20-23-48(73-42)51-29-26-45(76-51)36-8-14-39(15-9-36)65(40-16-10-37(11-17-40)46-27-30-52(77-46)49-24-21-43(74-49)33-55-58(67)63-60(79-55)70-6-2)41-18-12-38(13-19-41)47-28-31-53(78-47)50-25-22-44(75-50)34-56-59(68)64-61(80-56)71-7-3/h8-34H,4-7,35H2,1-3H3/b54-32+,55-33+,56-34+. The predicted octanol–water partition coefficient (Wildman–Crippen LogP) is 21.0. The van der Waals surface area contributed by atoms with Crippen LogP contribution in [0.1, 0.15) is 35.4 Å². The summed E-state index contributed by atoms with van der Waals surface area (Å²) in [7, 11) is 0. The first-order chi connectivity index (χ1) is 39.1. The minimum Gasteiger partial charge on any atom is -0.311 e. The van der Waals surface area contributed by atoms with Gasteiger partial charge in [0.15, 0.2) is 0 Å². The number of hydrogen-bond acceptors (Lipinski definition) is 16. The second kappa shape index (κ2) is 26.5. The largest absolute Gasteiger partial charge is 0.311 e. The van der Waals surface area contributed by atoms with Crippen LogP contribution < -0.4 is 4.90 Å². The van der Waals surface area contributed by atoms with Gasteiger partial charge >= 0.3 is 0 Å². The Labute approximate surface area is 514 Å². The van der Waals surface area contributed by atoms with E-state index in [4.69, 9.17) is 0 Å². The second-order valence-electron chi connectivity index (χ2n) is 17.3. The van der Waals surface area contributed by atoms with Crippen molar-refractivity contribution in [3.05, 3.63) is 175 Å². The monoisotopic (exact) mass is 1270 g/mol. The van der Waals surface area contributed by atoms with E-state index in [-0.39, 0.29) is 17.7 Å². The molecule has 3 amide bonds. The van der Waals surface area contributed by atoms with Crippen LogP contribution in [0.5, 0.6) is 0 Å². The lowest BCUT2D eigenvalue weighted by Crippen LogP contribution is -2.09. The number of aliphatic imine (C=N–C) groups is 3. The van der Waals surface area contributed by atoms with Crippen LogP contribution in [0, 0.1) is 0 Å². The van der Waals surface area contributed by atoms with Crippen LogP contribution in [0.2, 0.25) is 0 Å². The number of rotatable bonds is 19. The molecule has 80 heavy (non-hydrogen) atoms. The number of carbonyl (C=O) groups is 3. The molecule has 8 heterocycles. The molecule has 0 atom stereocenters. The third-order valence-corrected chi connectivity index (χ3v) is 25.3. The van der Waals surface area contributed by atoms with Gasteiger partial charge in [0.2, 0.25) is 0 Å². The second-order valence-corrected chi connectivity index (χ2v) is 31.6. The molecule has 2 aliphatic rings. The van der Waals surface area contributed by atoms with Crippen molar-refractivity contribution in [2.75, 3.05) is 27.2 Å². The van der Waals surface area contributed by atoms with Crippen molar-refractivity contribution in [2.24, 2.45) is 15.0 Å². The molecule has 0 saturated carbocycles. The van der Waals surface area contributed by atoms with Gasteiger partial charge in [-0.25, -0.2) is 4.99 Å². The summed E-state index contributed by atoms with van der Waals surface area (Å²) in [6.07, 6.45) is 5.86. The van der Waals surface area contributed by atoms with Gasteiger partial charge in [0, 0.05) is 80.7 Å². The average Bonchev–Trinajstić information content (AvgIpc) is 4.43. The molecule has 0 saturated heterocycles. The van der Waals surface area contributed by atoms with Crippen LogP contribution in [-0.4, -0.2) is 55.5 Å². The molecule has 9 aromatic rings. The SMILES string of the molecule is C=NC(=O)/C(=C\c1ccc(-c2ccc(-c3ccc(N(c4ccc(-c5ccc(-c6ccc(/C=C7/SC(SCC)=NC7=O)s6)s5)cc4)c4ccc(-c5ccc(-c6ccc(/C=C7/SC(SCC)=NC7=O)s6)s5)cc4)cc3)s2)s1)SCSCC. The third-order valence-electron chi connectivity index (χ3n) is 12.1. The van der Waals surface area contributed by atoms with Crippen molar-refractivity contribution in [1.29, 1.82) is 0 Å². The Morgan fingerprint density at radius 2 is 0.850 bits per heavy atom. The third kappa shape index (κ3) is 13.4. The van der Waals surface area contributed by atoms with Crippen LogP contribution in [0.4, 0.5) is 17.1 Å². The Balaban J connectivity index is 0.840. The zero-order chi connectivity index (χ0) is 55.1. The lowest BCUT2D eigenvalue weighted by molar-refractivity contribution is -0.114. The van der Waals surface area contributed by atoms with Crippen LogP contribution in [0.15, 0.2) is 175 Å². The molecule has 7 nitrogen and oxygen atoms in total. The van der Waals surface area contributed by atoms with E-state index >= 15 is 0 Å². The summed E-state index contributed by atoms with van der Waals surface area (Å²) < 4.78 is 1.64. The van der Waals surface area contributed by atoms with Crippen LogP contribution in [0.25, 0.3) is 78.8 Å². The normalized spacial score (nSPS) is 14.7. The molecule has 3 aromatic carbocycles. The highest BCUT2D eigenvalue weighted by atomic mass is 32.2. The van der Waals surface area contributed by atoms with Crippen LogP contribution >= 0.6 is 139 Å². The fourth-order valence-electron chi connectivity index (χ4n) is 8.31. The Morgan fingerprint density at radius 3 is 1.24 bits per heavy atom. The number of anilines is 3. The zero-order valence-corrected chi connectivity index (χ0v) is 52.8. The highest BCUT2D eigenvalue weighted by molar-refractivity contribution is 8.41. The Bertz CT molecular complexity index is 3750. The average molecular weight is 1270 g/mol. The van der Waals surface area contributed by atoms with Crippen molar-refractivity contribution in [2.45, 2.75) is 20.8 Å². The molecule has 6 aromatic heterocycles. The van der Waals surface area contributed by atoms with Gasteiger partial charge in [-0.3, -0.25) is 14.4 Å². The summed E-state index contributed by atoms with van der Waals surface area (Å²) in [6.45, 7) is 9.72. The molecule has 0 radical (unpaired) electrons. The topological polar surface area (TPSA) is 91.5 Å². The number of amides is 3. The lowest BCUT2D eigenvalue weighted by atomic mass is 10.1. The van der Waals surface area contributed by atoms with Crippen molar-refractivity contribution in [3.8, 4) is 60.6 Å². The summed E-state index contributed by atoms with van der Waals surface area (Å²) in [6, 6.07) is 52.2. The number of thiophene rings is 6. The van der Waals surface area contributed by atoms with E-state index in [0.29, 0.717) is 14.7 Å². The highest BCUT2D eigenvalue weighted by Gasteiger charge is 2.24. The predicted molar refractivity (Wildman–Crippen MR) is 366 cm³/mol. The van der Waals surface area contributed by atoms with Crippen molar-refractivity contribution in [3.63, 3.8) is 0 Å². The number of carbonyl (C=O) groups excluding carboxylic acids is 3. The fourth-order valence-corrected chi connectivity index (χ4v) is 20.4. The molecular formula is C61H46N4O3S12. The van der Waals surface area contributed by atoms with E-state index in [1.54, 1.807) is 103 Å². The molecule has 0 unspecified atom stereocenters. The molecule has 0 fully saturated rings. The fraction of sp³-hybridized carbons (Fsp3) is 0.115. The van der Waals surface area contributed by atoms with Gasteiger partial charge in [0.1, 0.15) is 8.75 Å². The smallest absolute Gasteiger partial charge is 0.285 e. The van der Waals surface area contributed by atoms with Gasteiger partial charge in [-0.15, -0.1) is 79.8 Å². The molecule has 0 bridgehead atoms. The number of thioether (sulfide) groups is 6. The van der Waals surface area contributed by atoms with Crippen LogP contribution in [-0.2, 0) is 14.4 Å². The van der Waals surface area contributed by atoms with E-state index in [1.165, 1.54) is 64.5 Å². The Hall–Kier alpha value is -5.00. The maximum absolute atomic E-state index is 12.6. The van der Waals surface area contributed by atoms with Gasteiger partial charge in [0.25, 0.3) is 17.7 Å². The van der Waals surface area contributed by atoms with E-state index in [9.17, 15) is 14.4 Å². The molecule has 0 spiro atoms. The van der Waals surface area contributed by atoms with Crippen molar-refractivity contribution < 1.29 is 14.4 Å². The van der Waals surface area contributed by atoms with E-state index < -0.39 is 0 Å². The summed E-state index contributed by atoms with van der Waals surface area (Å²) in [5.41, 5.74) is 6.52.